The van der Waals surface area contributed by atoms with Gasteiger partial charge in [-0.2, -0.15) is 0 Å². The zero-order valence-corrected chi connectivity index (χ0v) is 30.5. The number of nitrogens with one attached hydrogen (secondary N) is 1. The van der Waals surface area contributed by atoms with E-state index in [0.29, 0.717) is 17.7 Å². The lowest BCUT2D eigenvalue weighted by molar-refractivity contribution is 0.609. The van der Waals surface area contributed by atoms with Crippen molar-refractivity contribution in [3.05, 3.63) is 149 Å². The van der Waals surface area contributed by atoms with Crippen molar-refractivity contribution in [2.45, 2.75) is 84.1 Å². The van der Waals surface area contributed by atoms with E-state index in [1.54, 1.807) is 25.1 Å². The SMILES string of the molecule is C.Fc1ccc(CNc2cccc3c2CCCC3)c2ccccc12.Nc1cccc2c1CCCC2.O=S(=O)(Cl)c1ccc(F)c2ccccc12.[2H]CC. The maximum atomic E-state index is 13.9. The van der Waals surface area contributed by atoms with E-state index in [4.69, 9.17) is 17.8 Å². The van der Waals surface area contributed by atoms with Gasteiger partial charge in [-0.05, 0) is 115 Å². The summed E-state index contributed by atoms with van der Waals surface area (Å²) in [6, 6.07) is 32.5. The highest BCUT2D eigenvalue weighted by molar-refractivity contribution is 8.14. The van der Waals surface area contributed by atoms with Gasteiger partial charge < -0.3 is 11.1 Å². The highest BCUT2D eigenvalue weighted by Crippen LogP contribution is 2.30. The maximum Gasteiger partial charge on any atom is 0.261 e. The van der Waals surface area contributed by atoms with E-state index in [2.05, 4.69) is 35.6 Å². The predicted molar refractivity (Wildman–Crippen MR) is 217 cm³/mol. The fourth-order valence-electron chi connectivity index (χ4n) is 6.87. The van der Waals surface area contributed by atoms with Gasteiger partial charge in [0.2, 0.25) is 0 Å². The maximum absolute atomic E-state index is 13.9. The van der Waals surface area contributed by atoms with Crippen LogP contribution in [0.15, 0.2) is 114 Å². The molecule has 2 aliphatic carbocycles. The highest BCUT2D eigenvalue weighted by Gasteiger charge is 2.16. The molecule has 0 saturated carbocycles. The minimum Gasteiger partial charge on any atom is -0.398 e. The van der Waals surface area contributed by atoms with Crippen LogP contribution in [0.1, 0.15) is 76.1 Å². The average Bonchev–Trinajstić information content (AvgIpc) is 3.16. The first-order valence-electron chi connectivity index (χ1n) is 18.1. The lowest BCUT2D eigenvalue weighted by Gasteiger charge is -2.20. The molecule has 0 unspecified atom stereocenters. The predicted octanol–water partition coefficient (Wildman–Crippen LogP) is 12.2. The molecule has 6 aromatic carbocycles. The second-order valence-corrected chi connectivity index (χ2v) is 15.0. The number of nitrogens with two attached hydrogens (primary N) is 1. The zero-order chi connectivity index (χ0) is 37.1. The summed E-state index contributed by atoms with van der Waals surface area (Å²) in [4.78, 5) is -0.0684. The minimum absolute atomic E-state index is 0. The standard InChI is InChI=1S/C21H20FN.C10H6ClFO2S.C10H13N.C2H6.CH4/c22-20-13-12-16(17-8-3-4-10-19(17)20)14-23-21-11-5-7-15-6-1-2-9-18(15)21;11-15(13,14)10-6-5-9(12)7-3-1-2-4-8(7)10;11-10-7-3-5-8-4-1-2-6-9(8)10;1-2;/h3-5,7-8,10-13,23H,1-2,6,9,14H2;1-6H;3,5,7H,1-2,4,6,11H2;1-2H3;1H4/i;;;1D;. The molecule has 0 amide bonds. The normalized spacial score (nSPS) is 13.3. The monoisotopic (exact) mass is 743 g/mol. The van der Waals surface area contributed by atoms with Gasteiger partial charge in [0.05, 0.1) is 4.90 Å². The van der Waals surface area contributed by atoms with E-state index in [9.17, 15) is 17.2 Å². The number of hydrogen-bond donors (Lipinski definition) is 2. The van der Waals surface area contributed by atoms with E-state index >= 15 is 0 Å². The van der Waals surface area contributed by atoms with Crippen molar-refractivity contribution in [3.63, 3.8) is 0 Å². The molecule has 0 heterocycles. The van der Waals surface area contributed by atoms with Crippen LogP contribution in [-0.2, 0) is 41.3 Å². The Balaban J connectivity index is 0.000000181. The van der Waals surface area contributed by atoms with Crippen LogP contribution < -0.4 is 11.1 Å². The molecule has 6 aromatic rings. The van der Waals surface area contributed by atoms with Crippen LogP contribution in [0.2, 0.25) is 0 Å². The average molecular weight is 744 g/mol. The minimum atomic E-state index is -3.84. The van der Waals surface area contributed by atoms with Gasteiger partial charge in [0.25, 0.3) is 9.05 Å². The molecule has 0 bridgehead atoms. The number of halogens is 3. The van der Waals surface area contributed by atoms with Crippen molar-refractivity contribution in [2.24, 2.45) is 0 Å². The Hall–Kier alpha value is -4.46. The molecule has 4 nitrogen and oxygen atoms in total. The van der Waals surface area contributed by atoms with Crippen molar-refractivity contribution >= 4 is 52.7 Å². The van der Waals surface area contributed by atoms with Crippen LogP contribution in [0, 0.1) is 11.6 Å². The first-order valence-corrected chi connectivity index (χ1v) is 19.7. The molecule has 2 aliphatic rings. The van der Waals surface area contributed by atoms with Crippen LogP contribution in [0.4, 0.5) is 20.2 Å². The molecule has 8 heteroatoms. The van der Waals surface area contributed by atoms with E-state index in [-0.39, 0.29) is 23.5 Å². The summed E-state index contributed by atoms with van der Waals surface area (Å²) < 4.78 is 55.9. The first-order chi connectivity index (χ1) is 25.1. The van der Waals surface area contributed by atoms with Crippen molar-refractivity contribution in [2.75, 3.05) is 11.1 Å². The van der Waals surface area contributed by atoms with E-state index in [1.807, 2.05) is 36.4 Å². The quantitative estimate of drug-likeness (QED) is 0.139. The highest BCUT2D eigenvalue weighted by atomic mass is 35.7. The van der Waals surface area contributed by atoms with Gasteiger partial charge in [0.15, 0.2) is 0 Å². The van der Waals surface area contributed by atoms with Gasteiger partial charge in [-0.25, -0.2) is 17.2 Å². The van der Waals surface area contributed by atoms with E-state index in [0.717, 1.165) is 35.7 Å². The molecule has 274 valence electrons. The van der Waals surface area contributed by atoms with Crippen molar-refractivity contribution < 1.29 is 18.6 Å². The molecule has 8 rings (SSSR count). The van der Waals surface area contributed by atoms with Gasteiger partial charge in [0, 0.05) is 46.1 Å². The number of hydrogen-bond acceptors (Lipinski definition) is 4. The number of fused-ring (bicyclic) bond motifs is 4. The largest absolute Gasteiger partial charge is 0.398 e. The number of aryl methyl sites for hydroxylation is 2. The Morgan fingerprint density at radius 2 is 1.17 bits per heavy atom. The Bertz CT molecular complexity index is 2250. The van der Waals surface area contributed by atoms with E-state index < -0.39 is 14.9 Å². The smallest absolute Gasteiger partial charge is 0.261 e. The van der Waals surface area contributed by atoms with Gasteiger partial charge in [-0.1, -0.05) is 100 Å². The molecule has 0 spiro atoms. The number of rotatable bonds is 4. The third-order valence-electron chi connectivity index (χ3n) is 9.35. The second-order valence-electron chi connectivity index (χ2n) is 12.5. The molecule has 0 radical (unpaired) electrons. The summed E-state index contributed by atoms with van der Waals surface area (Å²) in [5.74, 6) is -0.615. The third-order valence-corrected chi connectivity index (χ3v) is 10.7. The van der Waals surface area contributed by atoms with Gasteiger partial charge >= 0.3 is 0 Å². The number of benzene rings is 6. The summed E-state index contributed by atoms with van der Waals surface area (Å²) in [5, 5.41) is 5.81. The van der Waals surface area contributed by atoms with E-state index in [1.165, 1.54) is 91.1 Å². The topological polar surface area (TPSA) is 72.2 Å². The fourth-order valence-corrected chi connectivity index (χ4v) is 7.95. The van der Waals surface area contributed by atoms with Crippen molar-refractivity contribution in [3.8, 4) is 0 Å². The molecule has 0 atom stereocenters. The summed E-state index contributed by atoms with van der Waals surface area (Å²) in [7, 11) is 1.40. The summed E-state index contributed by atoms with van der Waals surface area (Å²) in [5.41, 5.74) is 15.0. The van der Waals surface area contributed by atoms with Crippen LogP contribution in [0.5, 0.6) is 0 Å². The lowest BCUT2D eigenvalue weighted by atomic mass is 9.90. The van der Waals surface area contributed by atoms with Crippen LogP contribution in [0.25, 0.3) is 21.5 Å². The molecule has 0 aromatic heterocycles. The van der Waals surface area contributed by atoms with Crippen LogP contribution in [-0.4, -0.2) is 8.42 Å². The van der Waals surface area contributed by atoms with Gasteiger partial charge in [-0.3, -0.25) is 0 Å². The zero-order valence-electron chi connectivity index (χ0n) is 29.9. The molecular weight excluding hydrogens is 694 g/mol. The van der Waals surface area contributed by atoms with Crippen molar-refractivity contribution in [1.29, 1.82) is 0 Å². The number of nitrogen functional groups attached to an aromatic ring is 1. The summed E-state index contributed by atoms with van der Waals surface area (Å²) >= 11 is 0. The summed E-state index contributed by atoms with van der Waals surface area (Å²) in [6.07, 6.45) is 9.94. The van der Waals surface area contributed by atoms with Crippen LogP contribution in [0.3, 0.4) is 0 Å². The molecular formula is C44H49ClF2N2O2S. The lowest BCUT2D eigenvalue weighted by Crippen LogP contribution is -2.08. The second kappa shape index (κ2) is 18.9. The Morgan fingerprint density at radius 1 is 0.673 bits per heavy atom. The molecule has 52 heavy (non-hydrogen) atoms. The molecule has 0 saturated heterocycles. The first kappa shape index (κ1) is 38.8. The van der Waals surface area contributed by atoms with Gasteiger partial charge in [0.1, 0.15) is 11.6 Å². The molecule has 0 aliphatic heterocycles. The molecule has 3 N–H and O–H groups in total. The Morgan fingerprint density at radius 3 is 1.79 bits per heavy atom. The fraction of sp³-hybridized carbons (Fsp3) is 0.273. The summed E-state index contributed by atoms with van der Waals surface area (Å²) in [6.45, 7) is 3.01. The van der Waals surface area contributed by atoms with Crippen molar-refractivity contribution in [1.82, 2.24) is 0 Å². The molecule has 0 fully saturated rings. The van der Waals surface area contributed by atoms with Gasteiger partial charge in [-0.15, -0.1) is 0 Å². The Kier molecular flexibility index (Phi) is 14.1. The van der Waals surface area contributed by atoms with Crippen LogP contribution >= 0.6 is 10.7 Å². The third kappa shape index (κ3) is 9.69. The Labute approximate surface area is 313 Å². The number of anilines is 2.